The molecule has 2 nitrogen and oxygen atoms in total. The van der Waals surface area contributed by atoms with Gasteiger partial charge in [-0.1, -0.05) is 26.8 Å². The lowest BCUT2D eigenvalue weighted by atomic mass is 10.0. The second-order valence-corrected chi connectivity index (χ2v) is 5.38. The zero-order valence-corrected chi connectivity index (χ0v) is 11.5. The molecule has 1 aliphatic heterocycles. The summed E-state index contributed by atoms with van der Waals surface area (Å²) < 4.78 is 14.0. The summed E-state index contributed by atoms with van der Waals surface area (Å²) in [6.45, 7) is 10.1. The van der Waals surface area contributed by atoms with Crippen molar-refractivity contribution in [2.45, 2.75) is 27.3 Å². The van der Waals surface area contributed by atoms with Crippen molar-refractivity contribution >= 4 is 5.69 Å². The molecule has 18 heavy (non-hydrogen) atoms. The molecule has 100 valence electrons. The van der Waals surface area contributed by atoms with E-state index in [1.807, 2.05) is 19.1 Å². The van der Waals surface area contributed by atoms with Crippen molar-refractivity contribution in [2.75, 3.05) is 24.5 Å². The fourth-order valence-electron chi connectivity index (χ4n) is 2.59. The summed E-state index contributed by atoms with van der Waals surface area (Å²) in [4.78, 5) is 2.32. The highest BCUT2D eigenvalue weighted by Gasteiger charge is 2.27. The van der Waals surface area contributed by atoms with E-state index >= 15 is 0 Å². The number of benzene rings is 1. The van der Waals surface area contributed by atoms with Gasteiger partial charge in [0, 0.05) is 30.9 Å². The summed E-state index contributed by atoms with van der Waals surface area (Å²) in [5.74, 6) is 1.26. The van der Waals surface area contributed by atoms with Gasteiger partial charge in [-0.25, -0.2) is 4.39 Å². The lowest BCUT2D eigenvalue weighted by Gasteiger charge is -2.22. The van der Waals surface area contributed by atoms with E-state index < -0.39 is 0 Å². The van der Waals surface area contributed by atoms with Crippen LogP contribution in [0.2, 0.25) is 0 Å². The van der Waals surface area contributed by atoms with Gasteiger partial charge in [0.1, 0.15) is 5.82 Å². The quantitative estimate of drug-likeness (QED) is 0.883. The second-order valence-electron chi connectivity index (χ2n) is 5.38. The number of rotatable bonds is 4. The Morgan fingerprint density at radius 1 is 1.28 bits per heavy atom. The van der Waals surface area contributed by atoms with Crippen LogP contribution in [0.1, 0.15) is 26.3 Å². The Hall–Kier alpha value is -1.09. The molecule has 2 atom stereocenters. The summed E-state index contributed by atoms with van der Waals surface area (Å²) in [6.07, 6.45) is 0. The maximum atomic E-state index is 14.0. The fourth-order valence-corrected chi connectivity index (χ4v) is 2.59. The highest BCUT2D eigenvalue weighted by Crippen LogP contribution is 2.31. The minimum atomic E-state index is -0.0966. The molecule has 1 N–H and O–H groups in total. The van der Waals surface area contributed by atoms with Gasteiger partial charge >= 0.3 is 0 Å². The van der Waals surface area contributed by atoms with Crippen LogP contribution in [0.15, 0.2) is 18.2 Å². The highest BCUT2D eigenvalue weighted by atomic mass is 19.1. The fraction of sp³-hybridized carbons (Fsp3) is 0.600. The maximum absolute atomic E-state index is 14.0. The van der Waals surface area contributed by atoms with E-state index in [9.17, 15) is 4.39 Å². The van der Waals surface area contributed by atoms with Crippen LogP contribution in [0.4, 0.5) is 10.1 Å². The van der Waals surface area contributed by atoms with Crippen LogP contribution in [0.3, 0.4) is 0 Å². The topological polar surface area (TPSA) is 15.3 Å². The number of hydrogen-bond acceptors (Lipinski definition) is 2. The van der Waals surface area contributed by atoms with Crippen molar-refractivity contribution < 1.29 is 4.39 Å². The molecule has 0 aromatic heterocycles. The molecule has 1 aromatic carbocycles. The smallest absolute Gasteiger partial charge is 0.129 e. The highest BCUT2D eigenvalue weighted by molar-refractivity contribution is 5.55. The van der Waals surface area contributed by atoms with E-state index in [0.29, 0.717) is 18.4 Å². The van der Waals surface area contributed by atoms with Crippen LogP contribution in [0.5, 0.6) is 0 Å². The molecule has 1 heterocycles. The SMILES string of the molecule is CCNCc1c(F)cccc1N1CC(C)C(C)C1. The molecular weight excluding hydrogens is 227 g/mol. The van der Waals surface area contributed by atoms with Gasteiger partial charge in [0.15, 0.2) is 0 Å². The molecule has 1 fully saturated rings. The first kappa shape index (κ1) is 13.3. The van der Waals surface area contributed by atoms with Gasteiger partial charge in [-0.3, -0.25) is 0 Å². The Balaban J connectivity index is 2.24. The molecule has 1 aliphatic rings. The Kier molecular flexibility index (Phi) is 4.23. The molecular formula is C15H23FN2. The van der Waals surface area contributed by atoms with E-state index in [1.165, 1.54) is 0 Å². The Labute approximate surface area is 109 Å². The molecule has 1 saturated heterocycles. The number of hydrogen-bond donors (Lipinski definition) is 1. The first-order valence-corrected chi connectivity index (χ1v) is 6.86. The molecule has 1 aromatic rings. The van der Waals surface area contributed by atoms with Crippen molar-refractivity contribution in [1.82, 2.24) is 5.32 Å². The average molecular weight is 250 g/mol. The number of anilines is 1. The minimum absolute atomic E-state index is 0.0966. The summed E-state index contributed by atoms with van der Waals surface area (Å²) >= 11 is 0. The molecule has 0 aliphatic carbocycles. The van der Waals surface area contributed by atoms with Crippen molar-refractivity contribution in [1.29, 1.82) is 0 Å². The minimum Gasteiger partial charge on any atom is -0.371 e. The molecule has 2 rings (SSSR count). The van der Waals surface area contributed by atoms with E-state index in [1.54, 1.807) is 6.07 Å². The number of halogens is 1. The van der Waals surface area contributed by atoms with Gasteiger partial charge in [-0.15, -0.1) is 0 Å². The Bertz CT molecular complexity index is 395. The summed E-state index contributed by atoms with van der Waals surface area (Å²) in [5.41, 5.74) is 1.87. The van der Waals surface area contributed by atoms with Gasteiger partial charge < -0.3 is 10.2 Å². The molecule has 0 radical (unpaired) electrons. The van der Waals surface area contributed by atoms with Crippen LogP contribution in [0, 0.1) is 17.7 Å². The molecule has 0 spiro atoms. The number of nitrogens with one attached hydrogen (secondary N) is 1. The largest absolute Gasteiger partial charge is 0.371 e. The summed E-state index contributed by atoms with van der Waals surface area (Å²) in [5, 5.41) is 3.23. The van der Waals surface area contributed by atoms with Crippen LogP contribution < -0.4 is 10.2 Å². The van der Waals surface area contributed by atoms with Crippen molar-refractivity contribution in [3.63, 3.8) is 0 Å². The van der Waals surface area contributed by atoms with E-state index in [0.717, 1.165) is 30.9 Å². The maximum Gasteiger partial charge on any atom is 0.129 e. The number of nitrogens with zero attached hydrogens (tertiary/aromatic N) is 1. The molecule has 0 saturated carbocycles. The summed E-state index contributed by atoms with van der Waals surface area (Å²) in [6, 6.07) is 5.41. The van der Waals surface area contributed by atoms with Crippen LogP contribution in [-0.2, 0) is 6.54 Å². The zero-order valence-electron chi connectivity index (χ0n) is 11.5. The van der Waals surface area contributed by atoms with Gasteiger partial charge in [0.25, 0.3) is 0 Å². The van der Waals surface area contributed by atoms with E-state index in [4.69, 9.17) is 0 Å². The predicted octanol–water partition coefficient (Wildman–Crippen LogP) is 3.03. The lowest BCUT2D eigenvalue weighted by molar-refractivity contribution is 0.494. The van der Waals surface area contributed by atoms with Gasteiger partial charge in [-0.2, -0.15) is 0 Å². The average Bonchev–Trinajstić information content (AvgIpc) is 2.68. The summed E-state index contributed by atoms with van der Waals surface area (Å²) in [7, 11) is 0. The van der Waals surface area contributed by atoms with Gasteiger partial charge in [-0.05, 0) is 30.5 Å². The van der Waals surface area contributed by atoms with Crippen LogP contribution in [-0.4, -0.2) is 19.6 Å². The normalized spacial score (nSPS) is 23.7. The van der Waals surface area contributed by atoms with Crippen molar-refractivity contribution in [2.24, 2.45) is 11.8 Å². The third-order valence-corrected chi connectivity index (χ3v) is 3.97. The standard InChI is InChI=1S/C15H23FN2/c1-4-17-8-13-14(16)6-5-7-15(13)18-9-11(2)12(3)10-18/h5-7,11-12,17H,4,8-10H2,1-3H3. The predicted molar refractivity (Wildman–Crippen MR) is 74.3 cm³/mol. The molecule has 0 bridgehead atoms. The molecule has 0 amide bonds. The first-order valence-electron chi connectivity index (χ1n) is 6.86. The van der Waals surface area contributed by atoms with Gasteiger partial charge in [0.05, 0.1) is 0 Å². The molecule has 2 unspecified atom stereocenters. The van der Waals surface area contributed by atoms with Crippen LogP contribution in [0.25, 0.3) is 0 Å². The third kappa shape index (κ3) is 2.66. The van der Waals surface area contributed by atoms with Crippen LogP contribution >= 0.6 is 0 Å². The monoisotopic (exact) mass is 250 g/mol. The van der Waals surface area contributed by atoms with Crippen molar-refractivity contribution in [3.05, 3.63) is 29.6 Å². The third-order valence-electron chi connectivity index (χ3n) is 3.97. The van der Waals surface area contributed by atoms with E-state index in [2.05, 4.69) is 24.1 Å². The molecule has 3 heteroatoms. The zero-order chi connectivity index (χ0) is 13.1. The lowest BCUT2D eigenvalue weighted by Crippen LogP contribution is -2.23. The second kappa shape index (κ2) is 5.70. The van der Waals surface area contributed by atoms with E-state index in [-0.39, 0.29) is 5.82 Å². The van der Waals surface area contributed by atoms with Crippen molar-refractivity contribution in [3.8, 4) is 0 Å². The Morgan fingerprint density at radius 3 is 2.56 bits per heavy atom. The first-order chi connectivity index (χ1) is 8.63. The van der Waals surface area contributed by atoms with Gasteiger partial charge in [0.2, 0.25) is 0 Å². The Morgan fingerprint density at radius 2 is 1.94 bits per heavy atom.